The van der Waals surface area contributed by atoms with Gasteiger partial charge in [-0.05, 0) is 29.3 Å². The molecule has 0 spiro atoms. The van der Waals surface area contributed by atoms with Crippen molar-refractivity contribution in [3.05, 3.63) is 65.5 Å². The van der Waals surface area contributed by atoms with Gasteiger partial charge in [0.05, 0.1) is 6.16 Å². The van der Waals surface area contributed by atoms with E-state index in [4.69, 9.17) is 13.5 Å². The van der Waals surface area contributed by atoms with Gasteiger partial charge in [-0.2, -0.15) is 0 Å². The predicted molar refractivity (Wildman–Crippen MR) is 94.7 cm³/mol. The molecule has 1 heterocycles. The van der Waals surface area contributed by atoms with Gasteiger partial charge < -0.3 is 13.5 Å². The molecule has 24 heavy (non-hydrogen) atoms. The van der Waals surface area contributed by atoms with E-state index in [1.807, 2.05) is 60.7 Å². The summed E-state index contributed by atoms with van der Waals surface area (Å²) in [4.78, 5) is 4.39. The second-order valence-electron chi connectivity index (χ2n) is 5.23. The van der Waals surface area contributed by atoms with Crippen LogP contribution in [0.3, 0.4) is 0 Å². The molecule has 0 N–H and O–H groups in total. The van der Waals surface area contributed by atoms with Crippen LogP contribution in [-0.4, -0.2) is 19.2 Å². The number of aromatic nitrogens is 1. The lowest BCUT2D eigenvalue weighted by Crippen LogP contribution is -1.93. The summed E-state index contributed by atoms with van der Waals surface area (Å²) < 4.78 is 27.7. The summed E-state index contributed by atoms with van der Waals surface area (Å²) in [6, 6.07) is 15.3. The minimum absolute atomic E-state index is 0.245. The van der Waals surface area contributed by atoms with Crippen LogP contribution < -0.4 is 0 Å². The first-order valence-corrected chi connectivity index (χ1v) is 9.18. The molecule has 0 atom stereocenters. The fourth-order valence-corrected chi connectivity index (χ4v) is 3.36. The van der Waals surface area contributed by atoms with E-state index in [2.05, 4.69) is 4.98 Å². The van der Waals surface area contributed by atoms with Crippen molar-refractivity contribution in [2.45, 2.75) is 6.16 Å². The molecule has 0 bridgehead atoms. The van der Waals surface area contributed by atoms with Gasteiger partial charge in [0.15, 0.2) is 5.58 Å². The molecule has 6 heteroatoms. The lowest BCUT2D eigenvalue weighted by atomic mass is 10.1. The van der Waals surface area contributed by atoms with E-state index in [1.54, 1.807) is 0 Å². The molecule has 124 valence electrons. The highest BCUT2D eigenvalue weighted by atomic mass is 31.2. The molecule has 5 nitrogen and oxygen atoms in total. The largest absolute Gasteiger partial charge is 0.437 e. The Hall–Kier alpha value is -2.20. The van der Waals surface area contributed by atoms with Gasteiger partial charge in [-0.3, -0.25) is 4.57 Å². The summed E-state index contributed by atoms with van der Waals surface area (Å²) in [5, 5.41) is 0. The highest BCUT2D eigenvalue weighted by Gasteiger charge is 2.21. The molecule has 2 aromatic carbocycles. The standard InChI is InChI=1S/C18H18NO4P/c1-21-24(20,22-2)13-15-9-7-14(8-10-15)11-12-18-19-16-5-3-4-6-17(16)23-18/h3-12H,13H2,1-2H3. The van der Waals surface area contributed by atoms with Gasteiger partial charge in [-0.1, -0.05) is 36.4 Å². The van der Waals surface area contributed by atoms with E-state index in [0.29, 0.717) is 5.89 Å². The SMILES string of the molecule is COP(=O)(Cc1ccc(C=Cc2nc3ccccc3o2)cc1)OC. The highest BCUT2D eigenvalue weighted by molar-refractivity contribution is 7.52. The number of para-hydroxylation sites is 2. The zero-order valence-electron chi connectivity index (χ0n) is 13.5. The topological polar surface area (TPSA) is 61.6 Å². The average molecular weight is 343 g/mol. The third-order valence-electron chi connectivity index (χ3n) is 3.64. The van der Waals surface area contributed by atoms with E-state index in [9.17, 15) is 4.57 Å². The van der Waals surface area contributed by atoms with Gasteiger partial charge >= 0.3 is 7.60 Å². The Morgan fingerprint density at radius 3 is 2.42 bits per heavy atom. The molecule has 0 aliphatic heterocycles. The zero-order valence-corrected chi connectivity index (χ0v) is 14.4. The molecule has 0 fully saturated rings. The van der Waals surface area contributed by atoms with Crippen molar-refractivity contribution in [1.29, 1.82) is 0 Å². The summed E-state index contributed by atoms with van der Waals surface area (Å²) in [6.07, 6.45) is 3.99. The van der Waals surface area contributed by atoms with Crippen molar-refractivity contribution in [3.63, 3.8) is 0 Å². The Kier molecular flexibility index (Phi) is 4.95. The molecule has 0 saturated heterocycles. The molecule has 0 aliphatic rings. The minimum atomic E-state index is -3.04. The maximum Gasteiger partial charge on any atom is 0.334 e. The summed E-state index contributed by atoms with van der Waals surface area (Å²) in [6.45, 7) is 0. The lowest BCUT2D eigenvalue weighted by Gasteiger charge is -2.13. The van der Waals surface area contributed by atoms with Crippen LogP contribution in [0.15, 0.2) is 52.9 Å². The van der Waals surface area contributed by atoms with Crippen LogP contribution in [0, 0.1) is 0 Å². The van der Waals surface area contributed by atoms with E-state index < -0.39 is 7.60 Å². The number of hydrogen-bond donors (Lipinski definition) is 0. The number of hydrogen-bond acceptors (Lipinski definition) is 5. The molecule has 0 amide bonds. The smallest absolute Gasteiger partial charge is 0.334 e. The predicted octanol–water partition coefficient (Wildman–Crippen LogP) is 4.98. The van der Waals surface area contributed by atoms with Gasteiger partial charge in [-0.15, -0.1) is 0 Å². The van der Waals surface area contributed by atoms with E-state index in [0.717, 1.165) is 22.2 Å². The highest BCUT2D eigenvalue weighted by Crippen LogP contribution is 2.49. The fraction of sp³-hybridized carbons (Fsp3) is 0.167. The van der Waals surface area contributed by atoms with Crippen LogP contribution in [0.4, 0.5) is 0 Å². The van der Waals surface area contributed by atoms with Crippen LogP contribution in [0.1, 0.15) is 17.0 Å². The molecular weight excluding hydrogens is 325 g/mol. The number of oxazole rings is 1. The Labute approximate surface area is 140 Å². The number of nitrogens with zero attached hydrogens (tertiary/aromatic N) is 1. The van der Waals surface area contributed by atoms with Crippen LogP contribution in [0.5, 0.6) is 0 Å². The third-order valence-corrected chi connectivity index (χ3v) is 5.51. The van der Waals surface area contributed by atoms with Crippen molar-refractivity contribution in [2.75, 3.05) is 14.2 Å². The molecule has 0 radical (unpaired) electrons. The van der Waals surface area contributed by atoms with Crippen molar-refractivity contribution in [2.24, 2.45) is 0 Å². The van der Waals surface area contributed by atoms with Crippen LogP contribution in [0.2, 0.25) is 0 Å². The summed E-state index contributed by atoms with van der Waals surface area (Å²) >= 11 is 0. The van der Waals surface area contributed by atoms with Gasteiger partial charge in [0, 0.05) is 20.3 Å². The summed E-state index contributed by atoms with van der Waals surface area (Å²) in [7, 11) is -0.260. The maximum absolute atomic E-state index is 12.1. The van der Waals surface area contributed by atoms with Gasteiger partial charge in [0.1, 0.15) is 5.52 Å². The fourth-order valence-electron chi connectivity index (χ4n) is 2.29. The molecular formula is C18H18NO4P. The quantitative estimate of drug-likeness (QED) is 0.590. The Bertz CT molecular complexity index is 858. The van der Waals surface area contributed by atoms with E-state index in [-0.39, 0.29) is 6.16 Å². The van der Waals surface area contributed by atoms with Crippen LogP contribution in [-0.2, 0) is 19.8 Å². The number of rotatable bonds is 6. The first kappa shape index (κ1) is 16.7. The second kappa shape index (κ2) is 7.14. The molecule has 3 rings (SSSR count). The molecule has 0 aliphatic carbocycles. The molecule has 1 aromatic heterocycles. The van der Waals surface area contributed by atoms with Gasteiger partial charge in [-0.25, -0.2) is 4.98 Å². The Morgan fingerprint density at radius 2 is 1.75 bits per heavy atom. The number of benzene rings is 2. The normalized spacial score (nSPS) is 12.2. The van der Waals surface area contributed by atoms with Crippen molar-refractivity contribution >= 4 is 30.8 Å². The number of fused-ring (bicyclic) bond motifs is 1. The Balaban J connectivity index is 1.72. The first-order chi connectivity index (χ1) is 11.6. The van der Waals surface area contributed by atoms with Crippen LogP contribution >= 0.6 is 7.60 Å². The van der Waals surface area contributed by atoms with Gasteiger partial charge in [0.2, 0.25) is 5.89 Å². The molecule has 0 unspecified atom stereocenters. The Morgan fingerprint density at radius 1 is 1.04 bits per heavy atom. The van der Waals surface area contributed by atoms with Crippen LogP contribution in [0.25, 0.3) is 23.3 Å². The monoisotopic (exact) mass is 343 g/mol. The third kappa shape index (κ3) is 3.82. The lowest BCUT2D eigenvalue weighted by molar-refractivity contribution is 0.275. The first-order valence-electron chi connectivity index (χ1n) is 7.45. The van der Waals surface area contributed by atoms with E-state index >= 15 is 0 Å². The zero-order chi connectivity index (χ0) is 17.0. The maximum atomic E-state index is 12.1. The van der Waals surface area contributed by atoms with Crippen molar-refractivity contribution < 1.29 is 18.0 Å². The van der Waals surface area contributed by atoms with Crippen molar-refractivity contribution in [1.82, 2.24) is 4.98 Å². The van der Waals surface area contributed by atoms with Gasteiger partial charge in [0.25, 0.3) is 0 Å². The molecule has 0 saturated carbocycles. The average Bonchev–Trinajstić information content (AvgIpc) is 3.04. The second-order valence-corrected chi connectivity index (χ2v) is 7.50. The molecule has 3 aromatic rings. The van der Waals surface area contributed by atoms with Crippen molar-refractivity contribution in [3.8, 4) is 0 Å². The summed E-state index contributed by atoms with van der Waals surface area (Å²) in [5.74, 6) is 0.559. The summed E-state index contributed by atoms with van der Waals surface area (Å²) in [5.41, 5.74) is 3.48. The van der Waals surface area contributed by atoms with E-state index in [1.165, 1.54) is 14.2 Å². The minimum Gasteiger partial charge on any atom is -0.437 e.